The summed E-state index contributed by atoms with van der Waals surface area (Å²) in [6.45, 7) is 1.62. The second kappa shape index (κ2) is 6.32. The third-order valence-corrected chi connectivity index (χ3v) is 4.68. The predicted octanol–water partition coefficient (Wildman–Crippen LogP) is 1.49. The Labute approximate surface area is 133 Å². The van der Waals surface area contributed by atoms with Crippen LogP contribution in [-0.4, -0.2) is 25.2 Å². The van der Waals surface area contributed by atoms with Crippen molar-refractivity contribution < 1.29 is 0 Å². The summed E-state index contributed by atoms with van der Waals surface area (Å²) in [5.74, 6) is 0. The minimum atomic E-state index is 0.0797. The van der Waals surface area contributed by atoms with E-state index in [0.717, 1.165) is 34.4 Å². The summed E-state index contributed by atoms with van der Waals surface area (Å²) < 4.78 is 2.53. The van der Waals surface area contributed by atoms with Gasteiger partial charge in [0, 0.05) is 32.9 Å². The summed E-state index contributed by atoms with van der Waals surface area (Å²) in [4.78, 5) is 19.5. The first-order valence-corrected chi connectivity index (χ1v) is 8.17. The molecule has 1 aliphatic rings. The second-order valence-electron chi connectivity index (χ2n) is 5.45. The average molecular weight is 313 g/mol. The third kappa shape index (κ3) is 3.04. The third-order valence-electron chi connectivity index (χ3n) is 3.62. The van der Waals surface area contributed by atoms with Crippen LogP contribution in [0.25, 0.3) is 12.2 Å². The molecule has 0 unspecified atom stereocenters. The van der Waals surface area contributed by atoms with Gasteiger partial charge in [-0.25, -0.2) is 0 Å². The monoisotopic (exact) mass is 313 g/mol. The molecule has 22 heavy (non-hydrogen) atoms. The highest BCUT2D eigenvalue weighted by atomic mass is 32.1. The molecule has 0 amide bonds. The van der Waals surface area contributed by atoms with Crippen molar-refractivity contribution in [3.8, 4) is 0 Å². The fraction of sp³-hybridized carbons (Fsp3) is 0.294. The lowest BCUT2D eigenvalue weighted by Gasteiger charge is -2.11. The Morgan fingerprint density at radius 2 is 2.05 bits per heavy atom. The number of hydrogen-bond acceptors (Lipinski definition) is 4. The number of fused-ring (bicyclic) bond motifs is 1. The van der Waals surface area contributed by atoms with Gasteiger partial charge in [0.1, 0.15) is 0 Å². The highest BCUT2D eigenvalue weighted by Gasteiger charge is 2.07. The van der Waals surface area contributed by atoms with Crippen LogP contribution < -0.4 is 19.8 Å². The van der Waals surface area contributed by atoms with Crippen LogP contribution in [0.3, 0.4) is 0 Å². The molecule has 3 rings (SSSR count). The lowest BCUT2D eigenvalue weighted by atomic mass is 10.2. The van der Waals surface area contributed by atoms with E-state index in [0.29, 0.717) is 0 Å². The molecular weight excluding hydrogens is 294 g/mol. The zero-order valence-electron chi connectivity index (χ0n) is 12.8. The van der Waals surface area contributed by atoms with Gasteiger partial charge in [-0.1, -0.05) is 35.6 Å². The smallest absolute Gasteiger partial charge is 0.270 e. The number of hydrogen-bond donors (Lipinski definition) is 0. The van der Waals surface area contributed by atoms with Crippen LogP contribution in [-0.2, 0) is 6.54 Å². The maximum Gasteiger partial charge on any atom is 0.270 e. The molecule has 2 aromatic rings. The first-order valence-electron chi connectivity index (χ1n) is 7.35. The van der Waals surface area contributed by atoms with Gasteiger partial charge in [-0.05, 0) is 30.2 Å². The Morgan fingerprint density at radius 1 is 1.27 bits per heavy atom. The van der Waals surface area contributed by atoms with Crippen LogP contribution in [0.15, 0.2) is 40.1 Å². The van der Waals surface area contributed by atoms with Crippen molar-refractivity contribution in [2.24, 2.45) is 4.99 Å². The van der Waals surface area contributed by atoms with Crippen LogP contribution in [0, 0.1) is 0 Å². The van der Waals surface area contributed by atoms with Gasteiger partial charge in [0.15, 0.2) is 4.80 Å². The van der Waals surface area contributed by atoms with Gasteiger partial charge < -0.3 is 4.90 Å². The zero-order chi connectivity index (χ0) is 15.5. The van der Waals surface area contributed by atoms with Crippen molar-refractivity contribution in [2.75, 3.05) is 25.5 Å². The van der Waals surface area contributed by atoms with E-state index in [2.05, 4.69) is 34.2 Å². The van der Waals surface area contributed by atoms with Crippen LogP contribution in [0.2, 0.25) is 0 Å². The van der Waals surface area contributed by atoms with Gasteiger partial charge in [0.25, 0.3) is 5.56 Å². The number of rotatable bonds is 3. The van der Waals surface area contributed by atoms with Crippen LogP contribution in [0.5, 0.6) is 0 Å². The van der Waals surface area contributed by atoms with Gasteiger partial charge in [-0.2, -0.15) is 0 Å². The van der Waals surface area contributed by atoms with Crippen LogP contribution in [0.1, 0.15) is 12.0 Å². The van der Waals surface area contributed by atoms with E-state index in [9.17, 15) is 4.79 Å². The summed E-state index contributed by atoms with van der Waals surface area (Å²) in [6, 6.07) is 8.30. The number of anilines is 1. The second-order valence-corrected chi connectivity index (χ2v) is 6.46. The molecule has 4 nitrogen and oxygen atoms in total. The van der Waals surface area contributed by atoms with Crippen molar-refractivity contribution in [2.45, 2.75) is 13.0 Å². The summed E-state index contributed by atoms with van der Waals surface area (Å²) in [5.41, 5.74) is 2.37. The first kappa shape index (κ1) is 14.8. The Morgan fingerprint density at radius 3 is 2.73 bits per heavy atom. The van der Waals surface area contributed by atoms with Crippen molar-refractivity contribution in [1.29, 1.82) is 0 Å². The normalized spacial score (nSPS) is 14.9. The van der Waals surface area contributed by atoms with E-state index in [-0.39, 0.29) is 5.56 Å². The Kier molecular flexibility index (Phi) is 4.24. The minimum Gasteiger partial charge on any atom is -0.378 e. The molecule has 1 aromatic carbocycles. The molecule has 5 heteroatoms. The number of benzene rings is 1. The molecule has 0 saturated heterocycles. The highest BCUT2D eigenvalue weighted by Crippen LogP contribution is 2.13. The largest absolute Gasteiger partial charge is 0.378 e. The minimum absolute atomic E-state index is 0.0797. The zero-order valence-corrected chi connectivity index (χ0v) is 13.6. The van der Waals surface area contributed by atoms with Crippen molar-refractivity contribution in [3.63, 3.8) is 0 Å². The molecule has 0 aliphatic carbocycles. The van der Waals surface area contributed by atoms with Gasteiger partial charge in [0.05, 0.1) is 4.53 Å². The molecular formula is C17H19N3OS. The van der Waals surface area contributed by atoms with Gasteiger partial charge in [-0.3, -0.25) is 14.4 Å². The highest BCUT2D eigenvalue weighted by molar-refractivity contribution is 7.07. The van der Waals surface area contributed by atoms with Gasteiger partial charge in [-0.15, -0.1) is 0 Å². The molecule has 0 N–H and O–H groups in total. The Balaban J connectivity index is 1.85. The summed E-state index contributed by atoms with van der Waals surface area (Å²) in [6.07, 6.45) is 6.79. The van der Waals surface area contributed by atoms with E-state index >= 15 is 0 Å². The molecule has 1 aliphatic heterocycles. The number of allylic oxidation sites excluding steroid dienone is 1. The van der Waals surface area contributed by atoms with Crippen molar-refractivity contribution in [1.82, 2.24) is 4.57 Å². The van der Waals surface area contributed by atoms with E-state index in [1.54, 1.807) is 4.57 Å². The van der Waals surface area contributed by atoms with E-state index in [4.69, 9.17) is 0 Å². The molecule has 114 valence electrons. The fourth-order valence-corrected chi connectivity index (χ4v) is 3.35. The quantitative estimate of drug-likeness (QED) is 0.861. The van der Waals surface area contributed by atoms with Crippen molar-refractivity contribution >= 4 is 29.2 Å². The Bertz CT molecular complexity index is 857. The first-order chi connectivity index (χ1) is 10.6. The van der Waals surface area contributed by atoms with E-state index < -0.39 is 0 Å². The number of thiazole rings is 1. The van der Waals surface area contributed by atoms with E-state index in [1.807, 2.05) is 32.3 Å². The van der Waals surface area contributed by atoms with Crippen LogP contribution in [0.4, 0.5) is 5.69 Å². The Hall–Kier alpha value is -2.14. The van der Waals surface area contributed by atoms with Gasteiger partial charge >= 0.3 is 0 Å². The summed E-state index contributed by atoms with van der Waals surface area (Å²) in [7, 11) is 4.05. The lowest BCUT2D eigenvalue weighted by Crippen LogP contribution is -2.33. The molecule has 0 bridgehead atoms. The maximum absolute atomic E-state index is 12.2. The molecule has 0 saturated carbocycles. The molecule has 2 heterocycles. The summed E-state index contributed by atoms with van der Waals surface area (Å²) >= 11 is 1.47. The SMILES string of the molecule is CN(C)c1ccc(/C=C/C=c2sc3n(c2=O)CCCN=3)cc1. The van der Waals surface area contributed by atoms with E-state index in [1.165, 1.54) is 17.0 Å². The van der Waals surface area contributed by atoms with Crippen LogP contribution >= 0.6 is 11.3 Å². The summed E-state index contributed by atoms with van der Waals surface area (Å²) in [5, 5.41) is 0. The predicted molar refractivity (Wildman–Crippen MR) is 93.1 cm³/mol. The number of nitrogens with zero attached hydrogens (tertiary/aromatic N) is 3. The van der Waals surface area contributed by atoms with Crippen molar-refractivity contribution in [3.05, 3.63) is 55.6 Å². The molecule has 0 spiro atoms. The lowest BCUT2D eigenvalue weighted by molar-refractivity contribution is 0.573. The fourth-order valence-electron chi connectivity index (χ4n) is 2.37. The maximum atomic E-state index is 12.2. The van der Waals surface area contributed by atoms with Gasteiger partial charge in [0.2, 0.25) is 0 Å². The molecule has 0 radical (unpaired) electrons. The average Bonchev–Trinajstić information content (AvgIpc) is 2.85. The topological polar surface area (TPSA) is 37.6 Å². The molecule has 1 aromatic heterocycles. The number of aromatic nitrogens is 1. The molecule has 0 atom stereocenters. The molecule has 0 fully saturated rings. The standard InChI is InChI=1S/C17H19N3OS/c1-19(2)14-9-7-13(8-10-14)5-3-6-15-16(21)20-12-4-11-18-17(20)22-15/h3,5-10H,4,11-12H2,1-2H3/b5-3+,15-6?.